The summed E-state index contributed by atoms with van der Waals surface area (Å²) < 4.78 is 10.4. The molecule has 0 amide bonds. The van der Waals surface area contributed by atoms with Crippen LogP contribution in [0.5, 0.6) is 0 Å². The Morgan fingerprint density at radius 3 is 2.78 bits per heavy atom. The molecule has 2 aliphatic rings. The molecule has 0 unspecified atom stereocenters. The number of para-hydroxylation sites is 2. The predicted octanol–water partition coefficient (Wildman–Crippen LogP) is -6.33. The van der Waals surface area contributed by atoms with Gasteiger partial charge in [-0.1, -0.05) is 12.1 Å². The van der Waals surface area contributed by atoms with Gasteiger partial charge < -0.3 is 34.5 Å². The number of hydrogen-bond acceptors (Lipinski definition) is 2. The number of fused-ring (bicyclic) bond motifs is 3. The first-order valence-corrected chi connectivity index (χ1v) is 8.10. The van der Waals surface area contributed by atoms with Crippen LogP contribution in [0, 0.1) is 0 Å². The number of hydrogen-bond donors (Lipinski definition) is 2. The number of benzene rings is 1. The highest BCUT2D eigenvalue weighted by Gasteiger charge is 2.26. The zero-order valence-electron chi connectivity index (χ0n) is 13.2. The Bertz CT molecular complexity index is 640. The van der Waals surface area contributed by atoms with E-state index in [4.69, 9.17) is 4.74 Å². The van der Waals surface area contributed by atoms with E-state index < -0.39 is 0 Å². The highest BCUT2D eigenvalue weighted by Crippen LogP contribution is 2.19. The van der Waals surface area contributed by atoms with Crippen molar-refractivity contribution in [1.82, 2.24) is 4.57 Å². The van der Waals surface area contributed by atoms with Gasteiger partial charge in [0.15, 0.2) is 0 Å². The Balaban J connectivity index is 0.000000960. The van der Waals surface area contributed by atoms with Crippen LogP contribution in [0.4, 0.5) is 5.95 Å². The van der Waals surface area contributed by atoms with Crippen LogP contribution in [0.1, 0.15) is 6.42 Å². The van der Waals surface area contributed by atoms with Crippen LogP contribution in [0.25, 0.3) is 11.0 Å². The topological polar surface area (TPSA) is 34.5 Å². The minimum Gasteiger partial charge on any atom is -1.00 e. The first-order chi connectivity index (χ1) is 10.4. The molecule has 2 aromatic rings. The maximum Gasteiger partial charge on any atom is 0.358 e. The van der Waals surface area contributed by atoms with Crippen LogP contribution in [0.3, 0.4) is 0 Å². The third-order valence-corrected chi connectivity index (χ3v) is 4.71. The van der Waals surface area contributed by atoms with Crippen molar-refractivity contribution in [3.05, 3.63) is 24.3 Å². The fraction of sp³-hybridized carbons (Fsp3) is 0.562. The maximum absolute atomic E-state index is 5.45. The Kier molecular flexibility index (Phi) is 6.53. The molecule has 1 fully saturated rings. The maximum atomic E-state index is 5.45. The van der Waals surface area contributed by atoms with Crippen LogP contribution in [0.2, 0.25) is 0 Å². The first-order valence-electron chi connectivity index (χ1n) is 8.10. The van der Waals surface area contributed by atoms with E-state index in [1.54, 1.807) is 4.90 Å². The molecule has 1 aromatic carbocycles. The number of nitrogens with zero attached hydrogens (tertiary/aromatic N) is 2. The molecule has 23 heavy (non-hydrogen) atoms. The fourth-order valence-electron chi connectivity index (χ4n) is 3.56. The van der Waals surface area contributed by atoms with Crippen molar-refractivity contribution in [1.29, 1.82) is 0 Å². The largest absolute Gasteiger partial charge is 1.00 e. The summed E-state index contributed by atoms with van der Waals surface area (Å²) >= 11 is 0. The number of imidazole rings is 1. The Labute approximate surface area is 149 Å². The smallest absolute Gasteiger partial charge is 0.358 e. The summed E-state index contributed by atoms with van der Waals surface area (Å²) in [7, 11) is 0. The van der Waals surface area contributed by atoms with Gasteiger partial charge in [-0.15, -0.1) is 0 Å². The van der Waals surface area contributed by atoms with Crippen LogP contribution in [-0.4, -0.2) is 44.0 Å². The normalized spacial score (nSPS) is 17.7. The molecular weight excluding hydrogens is 335 g/mol. The van der Waals surface area contributed by atoms with Crippen molar-refractivity contribution < 1.29 is 39.0 Å². The number of rotatable bonds is 3. The third-order valence-electron chi connectivity index (χ3n) is 4.71. The summed E-state index contributed by atoms with van der Waals surface area (Å²) in [4.78, 5) is 1.66. The molecule has 1 aromatic heterocycles. The zero-order valence-corrected chi connectivity index (χ0v) is 14.7. The van der Waals surface area contributed by atoms with Crippen LogP contribution in [0.15, 0.2) is 24.3 Å². The van der Waals surface area contributed by atoms with Crippen molar-refractivity contribution in [2.24, 2.45) is 0 Å². The summed E-state index contributed by atoms with van der Waals surface area (Å²) in [5.41, 5.74) is 2.71. The van der Waals surface area contributed by atoms with Crippen molar-refractivity contribution in [2.45, 2.75) is 19.5 Å². The average molecular weight is 359 g/mol. The summed E-state index contributed by atoms with van der Waals surface area (Å²) in [6.45, 7) is 8.56. The Hall–Kier alpha value is -1.01. The Morgan fingerprint density at radius 1 is 1.17 bits per heavy atom. The summed E-state index contributed by atoms with van der Waals surface area (Å²) in [6, 6.07) is 8.77. The molecule has 2 aliphatic heterocycles. The number of anilines is 1. The van der Waals surface area contributed by atoms with Crippen LogP contribution < -0.4 is 39.6 Å². The van der Waals surface area contributed by atoms with Gasteiger partial charge in [0.25, 0.3) is 0 Å². The van der Waals surface area contributed by atoms with E-state index in [9.17, 15) is 0 Å². The van der Waals surface area contributed by atoms with Gasteiger partial charge in [0, 0.05) is 6.42 Å². The number of halogens is 2. The van der Waals surface area contributed by atoms with E-state index in [1.807, 2.05) is 0 Å². The van der Waals surface area contributed by atoms with Crippen molar-refractivity contribution in [2.75, 3.05) is 44.7 Å². The van der Waals surface area contributed by atoms with Gasteiger partial charge in [0.1, 0.15) is 37.2 Å². The molecule has 128 valence electrons. The molecule has 3 heterocycles. The van der Waals surface area contributed by atoms with Crippen molar-refractivity contribution >= 4 is 17.0 Å². The van der Waals surface area contributed by atoms with E-state index in [2.05, 4.69) is 38.7 Å². The SMILES string of the molecule is [Cl-].[Cl-].c1ccc2c(c1)n(CC[NH+]1CCOCC1)c1[n+]2CCCN1. The summed E-state index contributed by atoms with van der Waals surface area (Å²) in [6.07, 6.45) is 1.21. The lowest BCUT2D eigenvalue weighted by atomic mass is 10.3. The van der Waals surface area contributed by atoms with Gasteiger partial charge in [0.05, 0.1) is 26.3 Å². The van der Waals surface area contributed by atoms with Gasteiger partial charge >= 0.3 is 5.95 Å². The number of nitrogens with one attached hydrogen (secondary N) is 2. The highest BCUT2D eigenvalue weighted by molar-refractivity contribution is 5.74. The Morgan fingerprint density at radius 2 is 1.96 bits per heavy atom. The molecule has 1 saturated heterocycles. The van der Waals surface area contributed by atoms with Gasteiger partial charge in [-0.2, -0.15) is 0 Å². The third kappa shape index (κ3) is 3.58. The number of aryl methyl sites for hydroxylation is 1. The monoisotopic (exact) mass is 358 g/mol. The van der Waals surface area contributed by atoms with Gasteiger partial charge in [0.2, 0.25) is 0 Å². The van der Waals surface area contributed by atoms with E-state index >= 15 is 0 Å². The second-order valence-electron chi connectivity index (χ2n) is 6.01. The lowest BCUT2D eigenvalue weighted by Gasteiger charge is -2.23. The molecule has 0 saturated carbocycles. The molecule has 0 bridgehead atoms. The first kappa shape index (κ1) is 18.3. The minimum atomic E-state index is 0. The standard InChI is InChI=1S/C16H22N4O.2ClH/c1-2-5-15-14(4-1)19-7-3-6-17-16(19)20(15)9-8-18-10-12-21-13-11-18;;/h1-2,4-5H,3,6-13H2;2*1H. The van der Waals surface area contributed by atoms with Crippen LogP contribution >= 0.6 is 0 Å². The minimum absolute atomic E-state index is 0. The number of morpholine rings is 1. The van der Waals surface area contributed by atoms with Crippen molar-refractivity contribution in [3.63, 3.8) is 0 Å². The second-order valence-corrected chi connectivity index (χ2v) is 6.01. The average Bonchev–Trinajstić information content (AvgIpc) is 2.88. The van der Waals surface area contributed by atoms with Gasteiger partial charge in [-0.3, -0.25) is 5.32 Å². The molecule has 2 N–H and O–H groups in total. The molecular formula is C16H24Cl2N4O. The highest BCUT2D eigenvalue weighted by atomic mass is 35.5. The molecule has 0 aliphatic carbocycles. The fourth-order valence-corrected chi connectivity index (χ4v) is 3.56. The van der Waals surface area contributed by atoms with Crippen molar-refractivity contribution in [3.8, 4) is 0 Å². The number of aromatic nitrogens is 2. The molecule has 4 rings (SSSR count). The molecule has 0 radical (unpaired) electrons. The summed E-state index contributed by atoms with van der Waals surface area (Å²) in [5.74, 6) is 1.29. The van der Waals surface area contributed by atoms with E-state index in [0.29, 0.717) is 0 Å². The predicted molar refractivity (Wildman–Crippen MR) is 81.6 cm³/mol. The quantitative estimate of drug-likeness (QED) is 0.535. The van der Waals surface area contributed by atoms with E-state index in [-0.39, 0.29) is 24.8 Å². The van der Waals surface area contributed by atoms with Gasteiger partial charge in [-0.05, 0) is 12.1 Å². The lowest BCUT2D eigenvalue weighted by molar-refractivity contribution is -0.908. The molecule has 0 atom stereocenters. The molecule has 7 heteroatoms. The second kappa shape index (κ2) is 8.20. The van der Waals surface area contributed by atoms with Gasteiger partial charge in [-0.25, -0.2) is 9.13 Å². The lowest BCUT2D eigenvalue weighted by Crippen LogP contribution is -3.14. The van der Waals surface area contributed by atoms with E-state index in [0.717, 1.165) is 45.9 Å². The zero-order chi connectivity index (χ0) is 14.1. The number of ether oxygens (including phenoxy) is 1. The number of quaternary nitrogens is 1. The van der Waals surface area contributed by atoms with E-state index in [1.165, 1.54) is 29.9 Å². The molecule has 5 nitrogen and oxygen atoms in total. The summed E-state index contributed by atoms with van der Waals surface area (Å²) in [5, 5.41) is 3.60. The molecule has 0 spiro atoms. The van der Waals surface area contributed by atoms with Crippen LogP contribution in [-0.2, 0) is 17.8 Å².